The Hall–Kier alpha value is -1.61. The van der Waals surface area contributed by atoms with Crippen LogP contribution in [0.15, 0.2) is 46.2 Å². The highest BCUT2D eigenvalue weighted by atomic mass is 32.2. The molecule has 1 heterocycles. The minimum absolute atomic E-state index is 0.0276. The zero-order chi connectivity index (χ0) is 13.4. The summed E-state index contributed by atoms with van der Waals surface area (Å²) in [4.78, 5) is 2.29. The van der Waals surface area contributed by atoms with Crippen LogP contribution in [-0.2, 0) is 6.42 Å². The maximum atomic E-state index is 9.68. The Kier molecular flexibility index (Phi) is 3.15. The number of phenols is 2. The number of hydrogen-bond donors (Lipinski definition) is 2. The molecule has 0 aliphatic carbocycles. The number of phenolic OH excluding ortho intramolecular Hbond substituents is 2. The van der Waals surface area contributed by atoms with Gasteiger partial charge < -0.3 is 10.2 Å². The van der Waals surface area contributed by atoms with Crippen molar-refractivity contribution in [2.75, 3.05) is 0 Å². The lowest BCUT2D eigenvalue weighted by Gasteiger charge is -2.15. The van der Waals surface area contributed by atoms with Crippen molar-refractivity contribution in [3.8, 4) is 11.5 Å². The number of hydrogen-bond acceptors (Lipinski definition) is 3. The lowest BCUT2D eigenvalue weighted by atomic mass is 9.90. The van der Waals surface area contributed by atoms with E-state index in [-0.39, 0.29) is 11.5 Å². The third-order valence-electron chi connectivity index (χ3n) is 3.70. The molecule has 0 amide bonds. The Bertz CT molecular complexity index is 622. The molecule has 0 saturated heterocycles. The Balaban J connectivity index is 2.15. The van der Waals surface area contributed by atoms with Crippen LogP contribution in [0.3, 0.4) is 0 Å². The highest BCUT2D eigenvalue weighted by Crippen LogP contribution is 2.45. The van der Waals surface area contributed by atoms with Gasteiger partial charge in [-0.3, -0.25) is 0 Å². The highest BCUT2D eigenvalue weighted by Gasteiger charge is 2.22. The molecule has 2 aromatic rings. The van der Waals surface area contributed by atoms with Gasteiger partial charge in [0.25, 0.3) is 0 Å². The first kappa shape index (κ1) is 12.4. The van der Waals surface area contributed by atoms with E-state index >= 15 is 0 Å². The summed E-state index contributed by atoms with van der Waals surface area (Å²) >= 11 is 1.67. The second-order valence-corrected chi connectivity index (χ2v) is 5.98. The first-order valence-electron chi connectivity index (χ1n) is 6.50. The van der Waals surface area contributed by atoms with E-state index in [4.69, 9.17) is 0 Å². The van der Waals surface area contributed by atoms with Gasteiger partial charge in [0.2, 0.25) is 0 Å². The van der Waals surface area contributed by atoms with Crippen LogP contribution in [0.2, 0.25) is 0 Å². The van der Waals surface area contributed by atoms with Gasteiger partial charge in [0.15, 0.2) is 11.5 Å². The maximum Gasteiger partial charge on any atom is 0.158 e. The molecule has 19 heavy (non-hydrogen) atoms. The van der Waals surface area contributed by atoms with E-state index in [0.717, 1.165) is 23.3 Å². The zero-order valence-corrected chi connectivity index (χ0v) is 11.6. The van der Waals surface area contributed by atoms with E-state index in [0.29, 0.717) is 5.92 Å². The van der Waals surface area contributed by atoms with Crippen LogP contribution >= 0.6 is 11.8 Å². The summed E-state index contributed by atoms with van der Waals surface area (Å²) in [7, 11) is 0. The van der Waals surface area contributed by atoms with E-state index in [1.807, 2.05) is 6.07 Å². The first-order valence-corrected chi connectivity index (χ1v) is 7.32. The van der Waals surface area contributed by atoms with Crippen LogP contribution in [0.25, 0.3) is 0 Å². The van der Waals surface area contributed by atoms with Crippen LogP contribution in [0.1, 0.15) is 30.4 Å². The summed E-state index contributed by atoms with van der Waals surface area (Å²) in [6.45, 7) is 2.19. The average molecular weight is 272 g/mol. The predicted molar refractivity (Wildman–Crippen MR) is 77.1 cm³/mol. The van der Waals surface area contributed by atoms with E-state index in [9.17, 15) is 10.2 Å². The van der Waals surface area contributed by atoms with Crippen LogP contribution < -0.4 is 0 Å². The Morgan fingerprint density at radius 1 is 1.11 bits per heavy atom. The molecule has 98 valence electrons. The molecule has 1 aliphatic heterocycles. The van der Waals surface area contributed by atoms with Crippen molar-refractivity contribution < 1.29 is 10.2 Å². The quantitative estimate of drug-likeness (QED) is 0.760. The molecule has 2 nitrogen and oxygen atoms in total. The monoisotopic (exact) mass is 272 g/mol. The molecule has 1 unspecified atom stereocenters. The van der Waals surface area contributed by atoms with Gasteiger partial charge in [-0.05, 0) is 48.1 Å². The Morgan fingerprint density at radius 3 is 2.63 bits per heavy atom. The smallest absolute Gasteiger partial charge is 0.158 e. The van der Waals surface area contributed by atoms with E-state index in [1.54, 1.807) is 23.9 Å². The van der Waals surface area contributed by atoms with Gasteiger partial charge in [-0.2, -0.15) is 0 Å². The largest absolute Gasteiger partial charge is 0.504 e. The average Bonchev–Trinajstić information content (AvgIpc) is 2.56. The topological polar surface area (TPSA) is 40.5 Å². The fraction of sp³-hybridized carbons (Fsp3) is 0.250. The van der Waals surface area contributed by atoms with E-state index in [2.05, 4.69) is 25.1 Å². The summed E-state index contributed by atoms with van der Waals surface area (Å²) in [5.41, 5.74) is 2.48. The minimum atomic E-state index is -0.0429. The normalized spacial score (nSPS) is 17.4. The van der Waals surface area contributed by atoms with Crippen molar-refractivity contribution in [1.82, 2.24) is 0 Å². The molecule has 1 aliphatic rings. The molecule has 0 saturated carbocycles. The van der Waals surface area contributed by atoms with Crippen molar-refractivity contribution in [2.45, 2.75) is 35.5 Å². The van der Waals surface area contributed by atoms with Gasteiger partial charge in [0, 0.05) is 9.79 Å². The van der Waals surface area contributed by atoms with Crippen molar-refractivity contribution in [2.24, 2.45) is 0 Å². The summed E-state index contributed by atoms with van der Waals surface area (Å²) in [6, 6.07) is 11.8. The SMILES string of the molecule is CCC1Cc2cc(O)c(O)cc2Sc2ccccc21. The molecular formula is C16H16O2S. The predicted octanol–water partition coefficient (Wildman–Crippen LogP) is 4.30. The van der Waals surface area contributed by atoms with Crippen molar-refractivity contribution >= 4 is 11.8 Å². The molecule has 0 aromatic heterocycles. The molecular weight excluding hydrogens is 256 g/mol. The molecule has 2 N–H and O–H groups in total. The van der Waals surface area contributed by atoms with Gasteiger partial charge >= 0.3 is 0 Å². The molecule has 1 atom stereocenters. The van der Waals surface area contributed by atoms with E-state index < -0.39 is 0 Å². The number of fused-ring (bicyclic) bond motifs is 2. The second-order valence-electron chi connectivity index (χ2n) is 4.90. The lowest BCUT2D eigenvalue weighted by Crippen LogP contribution is -2.01. The summed E-state index contributed by atoms with van der Waals surface area (Å²) in [5.74, 6) is 0.396. The Labute approximate surface area is 117 Å². The summed E-state index contributed by atoms with van der Waals surface area (Å²) in [6.07, 6.45) is 1.97. The van der Waals surface area contributed by atoms with Crippen LogP contribution in [-0.4, -0.2) is 10.2 Å². The minimum Gasteiger partial charge on any atom is -0.504 e. The molecule has 2 aromatic carbocycles. The molecule has 0 spiro atoms. The van der Waals surface area contributed by atoms with Crippen molar-refractivity contribution in [3.63, 3.8) is 0 Å². The maximum absolute atomic E-state index is 9.68. The third kappa shape index (κ3) is 2.19. The van der Waals surface area contributed by atoms with Gasteiger partial charge in [-0.15, -0.1) is 0 Å². The fourth-order valence-electron chi connectivity index (χ4n) is 2.62. The van der Waals surface area contributed by atoms with Crippen LogP contribution in [0, 0.1) is 0 Å². The van der Waals surface area contributed by atoms with Gasteiger partial charge in [0.1, 0.15) is 0 Å². The third-order valence-corrected chi connectivity index (χ3v) is 4.89. The zero-order valence-electron chi connectivity index (χ0n) is 10.8. The van der Waals surface area contributed by atoms with Crippen LogP contribution in [0.5, 0.6) is 11.5 Å². The fourth-order valence-corrected chi connectivity index (χ4v) is 3.80. The lowest BCUT2D eigenvalue weighted by molar-refractivity contribution is 0.401. The summed E-state index contributed by atoms with van der Waals surface area (Å²) in [5, 5.41) is 19.4. The van der Waals surface area contributed by atoms with Gasteiger partial charge in [-0.1, -0.05) is 36.9 Å². The molecule has 0 fully saturated rings. The first-order chi connectivity index (χ1) is 9.19. The number of rotatable bonds is 1. The highest BCUT2D eigenvalue weighted by molar-refractivity contribution is 7.99. The van der Waals surface area contributed by atoms with Crippen molar-refractivity contribution in [3.05, 3.63) is 47.5 Å². The summed E-state index contributed by atoms with van der Waals surface area (Å²) < 4.78 is 0. The number of aromatic hydroxyl groups is 2. The van der Waals surface area contributed by atoms with E-state index in [1.165, 1.54) is 10.5 Å². The molecule has 0 radical (unpaired) electrons. The van der Waals surface area contributed by atoms with Gasteiger partial charge in [0.05, 0.1) is 0 Å². The van der Waals surface area contributed by atoms with Gasteiger partial charge in [-0.25, -0.2) is 0 Å². The molecule has 3 rings (SSSR count). The molecule has 0 bridgehead atoms. The second kappa shape index (κ2) is 4.82. The standard InChI is InChI=1S/C16H16O2S/c1-2-10-7-11-8-13(17)14(18)9-16(11)19-15-6-4-3-5-12(10)15/h3-6,8-10,17-18H,2,7H2,1H3. The van der Waals surface area contributed by atoms with Crippen LogP contribution in [0.4, 0.5) is 0 Å². The molecule has 3 heteroatoms. The van der Waals surface area contributed by atoms with Crippen molar-refractivity contribution in [1.29, 1.82) is 0 Å². The number of benzene rings is 2. The Morgan fingerprint density at radius 2 is 1.84 bits per heavy atom.